The molecular weight excluding hydrogens is 458 g/mol. The van der Waals surface area contributed by atoms with Crippen LogP contribution in [0.1, 0.15) is 30.2 Å². The molecule has 0 fully saturated rings. The second-order valence-corrected chi connectivity index (χ2v) is 9.46. The van der Waals surface area contributed by atoms with Gasteiger partial charge < -0.3 is 30.9 Å². The van der Waals surface area contributed by atoms with Crippen molar-refractivity contribution in [3.63, 3.8) is 0 Å². The normalized spacial score (nSPS) is 13.8. The van der Waals surface area contributed by atoms with Gasteiger partial charge in [0.05, 0.1) is 24.1 Å². The van der Waals surface area contributed by atoms with Crippen molar-refractivity contribution in [1.82, 2.24) is 5.32 Å². The third-order valence-electron chi connectivity index (χ3n) is 4.62. The third kappa shape index (κ3) is 8.41. The van der Waals surface area contributed by atoms with Crippen LogP contribution in [0, 0.1) is 13.8 Å². The highest BCUT2D eigenvalue weighted by Crippen LogP contribution is 2.32. The smallest absolute Gasteiger partial charge is 0.327 e. The molecule has 3 atom stereocenters. The molecule has 0 spiro atoms. The molecule has 0 aromatic carbocycles. The first-order valence-corrected chi connectivity index (χ1v) is 12.0. The quantitative estimate of drug-likeness (QED) is 0.301. The number of hydrogen-bond acceptors (Lipinski definition) is 8. The van der Waals surface area contributed by atoms with Crippen molar-refractivity contribution in [2.24, 2.45) is 5.73 Å². The molecule has 180 valence electrons. The molecule has 0 aliphatic heterocycles. The van der Waals surface area contributed by atoms with Gasteiger partial charge in [-0.3, -0.25) is 14.4 Å². The van der Waals surface area contributed by atoms with Gasteiger partial charge in [0, 0.05) is 24.2 Å². The Kier molecular flexibility index (Phi) is 11.7. The van der Waals surface area contributed by atoms with Crippen LogP contribution in [0.5, 0.6) is 0 Å². The fraction of sp³-hybridized carbons (Fsp3) is 0.600. The Morgan fingerprint density at radius 3 is 2.41 bits per heavy atom. The number of aryl methyl sites for hydroxylation is 2. The predicted octanol–water partition coefficient (Wildman–Crippen LogP) is 1.23. The molecule has 10 nitrogen and oxygen atoms in total. The summed E-state index contributed by atoms with van der Waals surface area (Å²) in [5.74, 6) is -3.27. The van der Waals surface area contributed by atoms with Gasteiger partial charge in [0.15, 0.2) is 0 Å². The molecule has 0 bridgehead atoms. The zero-order valence-corrected chi connectivity index (χ0v) is 20.3. The summed E-state index contributed by atoms with van der Waals surface area (Å²) in [4.78, 5) is 49.9. The molecule has 0 saturated heterocycles. The van der Waals surface area contributed by atoms with Crippen LogP contribution in [0.3, 0.4) is 0 Å². The molecule has 0 radical (unpaired) electrons. The number of carboxylic acids is 2. The highest BCUT2D eigenvalue weighted by Gasteiger charge is 2.27. The number of amides is 2. The van der Waals surface area contributed by atoms with E-state index in [1.165, 1.54) is 0 Å². The first-order valence-electron chi connectivity index (χ1n) is 9.93. The lowest BCUT2D eigenvalue weighted by molar-refractivity contribution is -0.141. The number of thiophene rings is 1. The lowest BCUT2D eigenvalue weighted by atomic mass is 10.1. The van der Waals surface area contributed by atoms with Gasteiger partial charge in [-0.15, -0.1) is 23.1 Å². The first-order chi connectivity index (χ1) is 15.0. The number of nitrogens with zero attached hydrogens (tertiary/aromatic N) is 1. The number of carbonyl (C=O) groups excluding carboxylic acids is 2. The third-order valence-corrected chi connectivity index (χ3v) is 6.66. The Hall–Kier alpha value is -2.15. The summed E-state index contributed by atoms with van der Waals surface area (Å²) in [5.41, 5.74) is 7.17. The Morgan fingerprint density at radius 2 is 1.91 bits per heavy atom. The van der Waals surface area contributed by atoms with E-state index in [0.717, 1.165) is 27.9 Å². The van der Waals surface area contributed by atoms with Crippen LogP contribution in [0.2, 0.25) is 0 Å². The molecule has 1 unspecified atom stereocenters. The summed E-state index contributed by atoms with van der Waals surface area (Å²) < 4.78 is 5.22. The Bertz CT molecular complexity index is 796. The van der Waals surface area contributed by atoms with E-state index in [-0.39, 0.29) is 36.3 Å². The number of aliphatic carboxylic acids is 2. The van der Waals surface area contributed by atoms with Crippen molar-refractivity contribution in [3.05, 3.63) is 15.8 Å². The van der Waals surface area contributed by atoms with E-state index in [1.54, 1.807) is 23.3 Å². The number of nitrogens with two attached hydrogens (primary N) is 1. The second kappa shape index (κ2) is 13.4. The number of hydrogen-bond donors (Lipinski definition) is 4. The van der Waals surface area contributed by atoms with Gasteiger partial charge in [-0.1, -0.05) is 0 Å². The number of ether oxygens (including phenoxy) is 1. The number of rotatable bonds is 14. The van der Waals surface area contributed by atoms with Crippen molar-refractivity contribution in [1.29, 1.82) is 0 Å². The molecule has 1 aromatic rings. The summed E-state index contributed by atoms with van der Waals surface area (Å²) in [6.07, 6.45) is -0.315. The summed E-state index contributed by atoms with van der Waals surface area (Å²) >= 11 is 2.65. The average Bonchev–Trinajstić information content (AvgIpc) is 3.04. The summed E-state index contributed by atoms with van der Waals surface area (Å²) in [5, 5.41) is 22.5. The number of anilines is 1. The maximum atomic E-state index is 13.0. The lowest BCUT2D eigenvalue weighted by Crippen LogP contribution is -2.45. The van der Waals surface area contributed by atoms with Gasteiger partial charge in [0.2, 0.25) is 11.8 Å². The topological polar surface area (TPSA) is 159 Å². The minimum absolute atomic E-state index is 0.0202. The minimum atomic E-state index is -1.24. The molecule has 0 aliphatic rings. The van der Waals surface area contributed by atoms with Gasteiger partial charge >= 0.3 is 11.9 Å². The molecule has 1 aromatic heterocycles. The molecule has 0 saturated carbocycles. The van der Waals surface area contributed by atoms with Crippen LogP contribution < -0.4 is 16.0 Å². The Morgan fingerprint density at radius 1 is 1.25 bits per heavy atom. The van der Waals surface area contributed by atoms with Crippen molar-refractivity contribution in [2.45, 2.75) is 51.7 Å². The molecule has 2 amide bonds. The minimum Gasteiger partial charge on any atom is -0.480 e. The second-order valence-electron chi connectivity index (χ2n) is 7.35. The van der Waals surface area contributed by atoms with Crippen molar-refractivity contribution in [2.75, 3.05) is 30.1 Å². The maximum Gasteiger partial charge on any atom is 0.327 e. The van der Waals surface area contributed by atoms with E-state index in [4.69, 9.17) is 15.6 Å². The molecule has 1 rings (SSSR count). The zero-order chi connectivity index (χ0) is 24.4. The number of methoxy groups -OCH3 is 1. The van der Waals surface area contributed by atoms with Crippen molar-refractivity contribution in [3.8, 4) is 0 Å². The van der Waals surface area contributed by atoms with Crippen LogP contribution in [-0.2, 0) is 23.9 Å². The highest BCUT2D eigenvalue weighted by atomic mass is 32.2. The Labute approximate surface area is 195 Å². The average molecular weight is 490 g/mol. The number of carbonyl (C=O) groups is 4. The fourth-order valence-corrected chi connectivity index (χ4v) is 4.75. The molecule has 32 heavy (non-hydrogen) atoms. The largest absolute Gasteiger partial charge is 0.480 e. The number of nitrogens with one attached hydrogen (secondary N) is 1. The van der Waals surface area contributed by atoms with E-state index in [9.17, 15) is 24.3 Å². The molecular formula is C20H31N3O7S2. The summed E-state index contributed by atoms with van der Waals surface area (Å²) in [6, 6.07) is -2.62. The van der Waals surface area contributed by atoms with E-state index < -0.39 is 29.9 Å². The number of carboxylic acid groups (broad SMARTS) is 2. The van der Waals surface area contributed by atoms with Crippen molar-refractivity contribution >= 4 is 52.5 Å². The predicted molar refractivity (Wildman–Crippen MR) is 124 cm³/mol. The van der Waals surface area contributed by atoms with E-state index in [0.29, 0.717) is 6.61 Å². The Balaban J connectivity index is 2.73. The van der Waals surface area contributed by atoms with Gasteiger partial charge in [0.25, 0.3) is 0 Å². The maximum absolute atomic E-state index is 13.0. The monoisotopic (exact) mass is 489 g/mol. The standard InChI is InChI=1S/C20H31N3O7S2/c1-11-8-32-13(3)18(11)23(12(2)7-30-4)17(25)10-31-9-15(20(28)29)22-16(24)6-5-14(21)19(26)27/h8,12,14-15H,5-7,9-10,21H2,1-4H3,(H,22,24)(H,26,27)(H,28,29)/t12?,14-,15-/m0/s1. The van der Waals surface area contributed by atoms with E-state index >= 15 is 0 Å². The van der Waals surface area contributed by atoms with Gasteiger partial charge in [-0.05, 0) is 38.1 Å². The molecule has 5 N–H and O–H groups in total. The van der Waals surface area contributed by atoms with E-state index in [1.807, 2.05) is 26.2 Å². The van der Waals surface area contributed by atoms with Crippen LogP contribution in [0.15, 0.2) is 5.38 Å². The van der Waals surface area contributed by atoms with Crippen LogP contribution in [0.25, 0.3) is 0 Å². The van der Waals surface area contributed by atoms with Crippen LogP contribution >= 0.6 is 23.1 Å². The highest BCUT2D eigenvalue weighted by molar-refractivity contribution is 8.00. The van der Waals surface area contributed by atoms with Crippen molar-refractivity contribution < 1.29 is 34.1 Å². The van der Waals surface area contributed by atoms with Gasteiger partial charge in [0.1, 0.15) is 12.1 Å². The molecule has 0 aliphatic carbocycles. The SMILES string of the molecule is COCC(C)N(C(=O)CSC[C@H](NC(=O)CC[C@H](N)C(=O)O)C(=O)O)c1c(C)csc1C. The molecule has 1 heterocycles. The first kappa shape index (κ1) is 27.9. The van der Waals surface area contributed by atoms with Crippen LogP contribution in [-0.4, -0.2) is 77.3 Å². The fourth-order valence-electron chi connectivity index (χ4n) is 3.02. The summed E-state index contributed by atoms with van der Waals surface area (Å²) in [7, 11) is 1.56. The summed E-state index contributed by atoms with van der Waals surface area (Å²) in [6.45, 7) is 6.09. The number of thioether (sulfide) groups is 1. The van der Waals surface area contributed by atoms with Crippen LogP contribution in [0.4, 0.5) is 5.69 Å². The molecule has 12 heteroatoms. The lowest BCUT2D eigenvalue weighted by Gasteiger charge is -2.30. The zero-order valence-electron chi connectivity index (χ0n) is 18.6. The van der Waals surface area contributed by atoms with E-state index in [2.05, 4.69) is 5.32 Å². The van der Waals surface area contributed by atoms with Gasteiger partial charge in [-0.25, -0.2) is 4.79 Å². The van der Waals surface area contributed by atoms with Gasteiger partial charge in [-0.2, -0.15) is 0 Å².